The van der Waals surface area contributed by atoms with Crippen LogP contribution in [-0.4, -0.2) is 90.1 Å². The maximum atomic E-state index is 13.1. The highest BCUT2D eigenvalue weighted by Crippen LogP contribution is 2.40. The van der Waals surface area contributed by atoms with Crippen LogP contribution < -0.4 is 22.5 Å². The highest BCUT2D eigenvalue weighted by Gasteiger charge is 2.56. The van der Waals surface area contributed by atoms with Crippen molar-refractivity contribution in [3.8, 4) is 0 Å². The molecule has 206 valence electrons. The van der Waals surface area contributed by atoms with Crippen LogP contribution in [0.5, 0.6) is 0 Å². The summed E-state index contributed by atoms with van der Waals surface area (Å²) >= 11 is 0.967. The lowest BCUT2D eigenvalue weighted by Gasteiger charge is -2.43. The van der Waals surface area contributed by atoms with E-state index in [9.17, 15) is 32.5 Å². The van der Waals surface area contributed by atoms with Crippen molar-refractivity contribution in [3.05, 3.63) is 23.0 Å². The Morgan fingerprint density at radius 1 is 1.39 bits per heavy atom. The molecule has 2 aromatic heterocycles. The number of aromatic nitrogens is 4. The lowest BCUT2D eigenvalue weighted by atomic mass is 9.98. The van der Waals surface area contributed by atoms with E-state index < -0.39 is 57.5 Å². The van der Waals surface area contributed by atoms with E-state index in [1.54, 1.807) is 0 Å². The van der Waals surface area contributed by atoms with Crippen LogP contribution in [0.4, 0.5) is 5.13 Å². The molecule has 0 aromatic carbocycles. The molecule has 2 aromatic rings. The molecule has 1 aliphatic heterocycles. The van der Waals surface area contributed by atoms with Crippen LogP contribution in [0, 0.1) is 0 Å². The molecule has 0 spiro atoms. The summed E-state index contributed by atoms with van der Waals surface area (Å²) < 4.78 is 33.4. The first-order valence-corrected chi connectivity index (χ1v) is 13.3. The lowest BCUT2D eigenvalue weighted by Crippen LogP contribution is -2.73. The summed E-state index contributed by atoms with van der Waals surface area (Å²) in [7, 11) is -5.00. The SMILES string of the molecule is NCCC(N)c1cnn(CC2C(NC(=O)/C(=N\OC3(C(=O)O)CC3)c3csc(N)n3)C(=O)N2S(=O)(=O)O)n1. The summed E-state index contributed by atoms with van der Waals surface area (Å²) in [5, 5.41) is 24.9. The van der Waals surface area contributed by atoms with E-state index in [-0.39, 0.29) is 34.5 Å². The Hall–Kier alpha value is -3.72. The zero-order valence-corrected chi connectivity index (χ0v) is 21.1. The third-order valence-corrected chi connectivity index (χ3v) is 7.47. The molecule has 20 heteroatoms. The monoisotopic (exact) mass is 572 g/mol. The fourth-order valence-electron chi connectivity index (χ4n) is 3.61. The number of carboxylic acid groups (broad SMARTS) is 1. The first kappa shape index (κ1) is 27.3. The Labute approximate surface area is 218 Å². The fourth-order valence-corrected chi connectivity index (χ4v) is 5.02. The Morgan fingerprint density at radius 3 is 2.66 bits per heavy atom. The van der Waals surface area contributed by atoms with Crippen molar-refractivity contribution in [1.29, 1.82) is 0 Å². The Balaban J connectivity index is 1.57. The van der Waals surface area contributed by atoms with Crippen LogP contribution >= 0.6 is 11.3 Å². The molecule has 2 amide bonds. The molecule has 2 aliphatic rings. The molecule has 1 aliphatic carbocycles. The van der Waals surface area contributed by atoms with Gasteiger partial charge in [0, 0.05) is 18.2 Å². The molecule has 38 heavy (non-hydrogen) atoms. The first-order valence-electron chi connectivity index (χ1n) is 11.0. The van der Waals surface area contributed by atoms with Crippen LogP contribution in [-0.2, 0) is 36.1 Å². The number of carbonyl (C=O) groups excluding carboxylic acids is 2. The number of carbonyl (C=O) groups is 3. The van der Waals surface area contributed by atoms with Crippen LogP contribution in [0.15, 0.2) is 16.7 Å². The van der Waals surface area contributed by atoms with Gasteiger partial charge in [0.25, 0.3) is 11.8 Å². The van der Waals surface area contributed by atoms with E-state index in [2.05, 4.69) is 25.7 Å². The van der Waals surface area contributed by atoms with Crippen molar-refractivity contribution in [2.45, 2.75) is 49.5 Å². The first-order chi connectivity index (χ1) is 17.9. The summed E-state index contributed by atoms with van der Waals surface area (Å²) in [4.78, 5) is 47.3. The minimum absolute atomic E-state index is 0.0616. The van der Waals surface area contributed by atoms with E-state index in [0.717, 1.165) is 16.1 Å². The number of nitrogens with one attached hydrogen (secondary N) is 1. The molecule has 4 rings (SSSR count). The van der Waals surface area contributed by atoms with Crippen LogP contribution in [0.1, 0.15) is 36.7 Å². The van der Waals surface area contributed by atoms with Gasteiger partial charge in [0.1, 0.15) is 17.8 Å². The average molecular weight is 573 g/mol. The normalized spacial score (nSPS) is 21.5. The number of oxime groups is 1. The second kappa shape index (κ2) is 10.2. The number of β-lactam (4-membered cyclic amide) rings is 1. The molecule has 2 fully saturated rings. The molecule has 9 N–H and O–H groups in total. The number of hydrogen-bond acceptors (Lipinski definition) is 14. The van der Waals surface area contributed by atoms with Crippen LogP contribution in [0.25, 0.3) is 0 Å². The van der Waals surface area contributed by atoms with Gasteiger partial charge in [-0.25, -0.2) is 14.1 Å². The molecule has 3 unspecified atom stereocenters. The number of rotatable bonds is 12. The fraction of sp³-hybridized carbons (Fsp3) is 0.500. The van der Waals surface area contributed by atoms with Gasteiger partial charge in [-0.2, -0.15) is 23.4 Å². The van der Waals surface area contributed by atoms with Crippen molar-refractivity contribution < 1.29 is 37.3 Å². The molecule has 1 saturated heterocycles. The van der Waals surface area contributed by atoms with Gasteiger partial charge in [-0.1, -0.05) is 5.16 Å². The maximum absolute atomic E-state index is 13.1. The highest BCUT2D eigenvalue weighted by atomic mass is 32.2. The molecule has 3 atom stereocenters. The van der Waals surface area contributed by atoms with Crippen molar-refractivity contribution in [2.24, 2.45) is 16.6 Å². The van der Waals surface area contributed by atoms with Crippen molar-refractivity contribution in [2.75, 3.05) is 12.3 Å². The Kier molecular flexibility index (Phi) is 7.34. The molecular weight excluding hydrogens is 548 g/mol. The summed E-state index contributed by atoms with van der Waals surface area (Å²) in [5.41, 5.74) is 15.3. The van der Waals surface area contributed by atoms with Gasteiger partial charge in [-0.05, 0) is 13.0 Å². The number of carboxylic acids is 1. The topological polar surface area (TPSA) is 284 Å². The van der Waals surface area contributed by atoms with E-state index in [1.807, 2.05) is 0 Å². The van der Waals surface area contributed by atoms with E-state index >= 15 is 0 Å². The zero-order valence-electron chi connectivity index (χ0n) is 19.5. The standard InChI is InChI=1S/C18H24N10O8S2/c19-4-1-8(20)9-5-22-27(25-9)6-11-13(15(30)28(11)38(33,34)35)24-14(29)12(10-7-37-17(21)23-10)26-36-18(2-3-18)16(31)32/h5,7-8,11,13H,1-4,6,19-20H2,(H2,21,23)(H,24,29)(H,31,32)(H,33,34,35)/b26-12-. The van der Waals surface area contributed by atoms with Crippen molar-refractivity contribution >= 4 is 50.3 Å². The highest BCUT2D eigenvalue weighted by molar-refractivity contribution is 7.84. The largest absolute Gasteiger partial charge is 0.478 e. The number of hydrogen-bond donors (Lipinski definition) is 6. The summed E-state index contributed by atoms with van der Waals surface area (Å²) in [6, 6.07) is -3.33. The predicted octanol–water partition coefficient (Wildman–Crippen LogP) is -2.80. The summed E-state index contributed by atoms with van der Waals surface area (Å²) in [6.45, 7) is -0.0534. The maximum Gasteiger partial charge on any atom is 0.362 e. The minimum Gasteiger partial charge on any atom is -0.478 e. The Morgan fingerprint density at radius 2 is 2.11 bits per heavy atom. The molecule has 18 nitrogen and oxygen atoms in total. The van der Waals surface area contributed by atoms with Crippen LogP contribution in [0.2, 0.25) is 0 Å². The van der Waals surface area contributed by atoms with E-state index in [4.69, 9.17) is 22.0 Å². The third kappa shape index (κ3) is 5.43. The van der Waals surface area contributed by atoms with Gasteiger partial charge in [0.2, 0.25) is 5.60 Å². The van der Waals surface area contributed by atoms with Gasteiger partial charge < -0.3 is 32.5 Å². The van der Waals surface area contributed by atoms with Gasteiger partial charge >= 0.3 is 16.3 Å². The number of nitrogens with two attached hydrogens (primary N) is 3. The lowest BCUT2D eigenvalue weighted by molar-refractivity contribution is -0.153. The molecular formula is C18H24N10O8S2. The van der Waals surface area contributed by atoms with E-state index in [0.29, 0.717) is 18.7 Å². The average Bonchev–Trinajstić information content (AvgIpc) is 3.27. The molecule has 0 bridgehead atoms. The number of nitrogen functional groups attached to an aromatic ring is 1. The van der Waals surface area contributed by atoms with Gasteiger partial charge in [0.15, 0.2) is 10.8 Å². The van der Waals surface area contributed by atoms with Crippen LogP contribution in [0.3, 0.4) is 0 Å². The summed E-state index contributed by atoms with van der Waals surface area (Å²) in [5.74, 6) is -3.44. The number of anilines is 1. The zero-order chi connectivity index (χ0) is 27.8. The second-order valence-corrected chi connectivity index (χ2v) is 10.7. The molecule has 0 radical (unpaired) electrons. The smallest absolute Gasteiger partial charge is 0.362 e. The predicted molar refractivity (Wildman–Crippen MR) is 128 cm³/mol. The molecule has 3 heterocycles. The van der Waals surface area contributed by atoms with E-state index in [1.165, 1.54) is 11.6 Å². The third-order valence-electron chi connectivity index (χ3n) is 5.85. The number of aliphatic carboxylic acids is 1. The minimum atomic E-state index is -5.00. The number of amides is 2. The van der Waals surface area contributed by atoms with Crippen molar-refractivity contribution in [3.63, 3.8) is 0 Å². The van der Waals surface area contributed by atoms with Gasteiger partial charge in [-0.15, -0.1) is 11.3 Å². The molecule has 1 saturated carbocycles. The second-order valence-electron chi connectivity index (χ2n) is 8.54. The Bertz CT molecular complexity index is 1380. The number of nitrogens with zero attached hydrogens (tertiary/aromatic N) is 6. The summed E-state index contributed by atoms with van der Waals surface area (Å²) in [6.07, 6.45) is 2.09. The quantitative estimate of drug-likeness (QED) is 0.0648. The van der Waals surface area contributed by atoms with Gasteiger partial charge in [0.05, 0.1) is 24.5 Å². The van der Waals surface area contributed by atoms with Gasteiger partial charge in [-0.3, -0.25) is 14.1 Å². The van der Waals surface area contributed by atoms with Crippen molar-refractivity contribution in [1.82, 2.24) is 29.6 Å². The number of thiazole rings is 1.